The Morgan fingerprint density at radius 3 is 2.27 bits per heavy atom. The minimum atomic E-state index is -1.45. The van der Waals surface area contributed by atoms with Crippen LogP contribution in [0, 0.1) is 5.92 Å². The minimum Gasteiger partial charge on any atom is -0.395 e. The maximum Gasteiger partial charge on any atom is 0.186 e. The van der Waals surface area contributed by atoms with Crippen molar-refractivity contribution in [3.63, 3.8) is 0 Å². The van der Waals surface area contributed by atoms with Gasteiger partial charge in [0.2, 0.25) is 0 Å². The van der Waals surface area contributed by atoms with Gasteiger partial charge in [-0.25, -0.2) is 0 Å². The molecule has 41 heavy (non-hydrogen) atoms. The van der Waals surface area contributed by atoms with Crippen LogP contribution >= 0.6 is 0 Å². The van der Waals surface area contributed by atoms with E-state index in [1.54, 1.807) is 0 Å². The molecule has 2 saturated heterocycles. The zero-order valence-corrected chi connectivity index (χ0v) is 23.4. The summed E-state index contributed by atoms with van der Waals surface area (Å²) in [5.74, 6) is -0.388. The maximum atomic E-state index is 11.5. The Bertz CT molecular complexity index is 762. The fraction of sp³-hybridized carbons (Fsp3) is 1.00. The smallest absolute Gasteiger partial charge is 0.186 e. The van der Waals surface area contributed by atoms with Crippen LogP contribution in [0.1, 0.15) is 32.1 Å². The number of hydrogen-bond acceptors (Lipinski definition) is 16. The number of nitrogens with one attached hydrogen (secondary N) is 1. The summed E-state index contributed by atoms with van der Waals surface area (Å²) in [5, 5.41) is 64.3. The number of hydrogen-bond donors (Lipinski definition) is 12. The van der Waals surface area contributed by atoms with E-state index in [2.05, 4.69) is 5.32 Å². The lowest BCUT2D eigenvalue weighted by atomic mass is 9.77. The van der Waals surface area contributed by atoms with Crippen LogP contribution in [0.2, 0.25) is 0 Å². The van der Waals surface area contributed by atoms with Crippen LogP contribution in [-0.2, 0) is 18.9 Å². The molecule has 0 spiro atoms. The van der Waals surface area contributed by atoms with Gasteiger partial charge in [-0.2, -0.15) is 0 Å². The van der Waals surface area contributed by atoms with E-state index in [-0.39, 0.29) is 25.2 Å². The van der Waals surface area contributed by atoms with Crippen LogP contribution in [-0.4, -0.2) is 149 Å². The van der Waals surface area contributed by atoms with Crippen molar-refractivity contribution in [2.24, 2.45) is 34.6 Å². The summed E-state index contributed by atoms with van der Waals surface area (Å²) >= 11 is 0. The lowest BCUT2D eigenvalue weighted by Crippen LogP contribution is -2.66. The summed E-state index contributed by atoms with van der Waals surface area (Å²) in [5.41, 5.74) is 30.0. The normalized spacial score (nSPS) is 43.5. The SMILES string of the molecule is NCC(O)CC[C@@H]1C[C@H](N)C(O[C@H]2O[C@H](CNCC(N)CO)CC[C@H]2N)[C@H](O)[C@H]1O[C@H]1O[C@H](CO)[C@@H](O)[C@H](N)[C@H]1O. The molecule has 0 amide bonds. The van der Waals surface area contributed by atoms with Gasteiger partial charge >= 0.3 is 0 Å². The van der Waals surface area contributed by atoms with Gasteiger partial charge < -0.3 is 83.6 Å². The highest BCUT2D eigenvalue weighted by atomic mass is 16.7. The van der Waals surface area contributed by atoms with Crippen molar-refractivity contribution in [2.45, 2.75) is 118 Å². The van der Waals surface area contributed by atoms with Crippen molar-refractivity contribution in [3.8, 4) is 0 Å². The topological polar surface area (TPSA) is 300 Å². The van der Waals surface area contributed by atoms with Gasteiger partial charge in [0.15, 0.2) is 12.6 Å². The van der Waals surface area contributed by atoms with Crippen molar-refractivity contribution in [2.75, 3.05) is 32.8 Å². The van der Waals surface area contributed by atoms with Gasteiger partial charge in [-0.05, 0) is 38.0 Å². The van der Waals surface area contributed by atoms with E-state index in [9.17, 15) is 25.5 Å². The van der Waals surface area contributed by atoms with E-state index in [1.165, 1.54) is 0 Å². The molecule has 242 valence electrons. The summed E-state index contributed by atoms with van der Waals surface area (Å²) in [6.07, 6.45) is -8.05. The molecular formula is C25H52N6O10. The first-order chi connectivity index (χ1) is 19.5. The average Bonchev–Trinajstić information content (AvgIpc) is 2.96. The molecule has 17 N–H and O–H groups in total. The molecule has 1 saturated carbocycles. The standard InChI is InChI=1S/C25H52N6O10/c26-6-13(34)2-1-11-5-16(29)23(41-24-15(28)4-3-14(38-24)8-31-7-12(27)9-32)21(37)22(11)40-25-20(36)18(30)19(35)17(10-33)39-25/h11-25,31-37H,1-10,26-30H2/t11-,12?,13?,14+,15-,16+,17-,18+,19-,20-,21-,22+,23?,24-,25-/m1/s1. The largest absolute Gasteiger partial charge is 0.395 e. The van der Waals surface area contributed by atoms with Crippen molar-refractivity contribution in [3.05, 3.63) is 0 Å². The lowest BCUT2D eigenvalue weighted by Gasteiger charge is -2.48. The second kappa shape index (κ2) is 16.4. The lowest BCUT2D eigenvalue weighted by molar-refractivity contribution is -0.318. The highest BCUT2D eigenvalue weighted by Gasteiger charge is 2.50. The van der Waals surface area contributed by atoms with Crippen LogP contribution < -0.4 is 34.0 Å². The van der Waals surface area contributed by atoms with Crippen LogP contribution in [0.15, 0.2) is 0 Å². The fourth-order valence-electron chi connectivity index (χ4n) is 5.70. The third kappa shape index (κ3) is 9.18. The molecule has 3 fully saturated rings. The first kappa shape index (κ1) is 34.8. The van der Waals surface area contributed by atoms with Crippen molar-refractivity contribution >= 4 is 0 Å². The number of aliphatic hydroxyl groups is 6. The van der Waals surface area contributed by atoms with E-state index in [0.29, 0.717) is 45.2 Å². The predicted molar refractivity (Wildman–Crippen MR) is 146 cm³/mol. The zero-order chi connectivity index (χ0) is 30.3. The molecule has 15 atom stereocenters. The van der Waals surface area contributed by atoms with Crippen molar-refractivity contribution in [1.29, 1.82) is 0 Å². The summed E-state index contributed by atoms with van der Waals surface area (Å²) in [6.45, 7) is 0.236. The summed E-state index contributed by atoms with van der Waals surface area (Å²) in [6, 6.07) is -2.68. The van der Waals surface area contributed by atoms with Gasteiger partial charge in [0.05, 0.1) is 43.6 Å². The van der Waals surface area contributed by atoms with Gasteiger partial charge in [0, 0.05) is 31.7 Å². The summed E-state index contributed by atoms with van der Waals surface area (Å²) < 4.78 is 24.0. The fourth-order valence-corrected chi connectivity index (χ4v) is 5.70. The van der Waals surface area contributed by atoms with E-state index >= 15 is 0 Å². The summed E-state index contributed by atoms with van der Waals surface area (Å²) in [7, 11) is 0. The zero-order valence-electron chi connectivity index (χ0n) is 23.4. The Labute approximate surface area is 240 Å². The van der Waals surface area contributed by atoms with Gasteiger partial charge in [-0.15, -0.1) is 0 Å². The predicted octanol–water partition coefficient (Wildman–Crippen LogP) is -5.93. The molecule has 0 radical (unpaired) electrons. The molecule has 0 aromatic carbocycles. The van der Waals surface area contributed by atoms with Crippen molar-refractivity contribution in [1.82, 2.24) is 5.32 Å². The molecule has 3 rings (SSSR count). The number of nitrogens with two attached hydrogens (primary N) is 5. The van der Waals surface area contributed by atoms with E-state index in [4.69, 9.17) is 52.7 Å². The quantitative estimate of drug-likeness (QED) is 0.0888. The van der Waals surface area contributed by atoms with E-state index in [1.807, 2.05) is 0 Å². The second-order valence-electron chi connectivity index (χ2n) is 11.6. The highest BCUT2D eigenvalue weighted by molar-refractivity contribution is 4.99. The Morgan fingerprint density at radius 2 is 1.61 bits per heavy atom. The molecule has 2 aliphatic heterocycles. The van der Waals surface area contributed by atoms with Crippen LogP contribution in [0.5, 0.6) is 0 Å². The molecule has 3 aliphatic rings. The van der Waals surface area contributed by atoms with E-state index < -0.39 is 86.1 Å². The van der Waals surface area contributed by atoms with Gasteiger partial charge in [0.1, 0.15) is 30.5 Å². The number of ether oxygens (including phenoxy) is 4. The molecule has 16 heteroatoms. The van der Waals surface area contributed by atoms with Gasteiger partial charge in [0.25, 0.3) is 0 Å². The Hall–Kier alpha value is -0.640. The van der Waals surface area contributed by atoms with Crippen LogP contribution in [0.4, 0.5) is 0 Å². The molecule has 0 aromatic heterocycles. The summed E-state index contributed by atoms with van der Waals surface area (Å²) in [4.78, 5) is 0. The number of rotatable bonds is 14. The Balaban J connectivity index is 1.72. The van der Waals surface area contributed by atoms with Gasteiger partial charge in [-0.1, -0.05) is 0 Å². The third-order valence-corrected chi connectivity index (χ3v) is 8.31. The van der Waals surface area contributed by atoms with Gasteiger partial charge in [-0.3, -0.25) is 0 Å². The first-order valence-corrected chi connectivity index (χ1v) is 14.5. The molecule has 0 aromatic rings. The molecular weight excluding hydrogens is 544 g/mol. The van der Waals surface area contributed by atoms with Crippen molar-refractivity contribution < 1.29 is 49.6 Å². The minimum absolute atomic E-state index is 0.0623. The molecule has 1 aliphatic carbocycles. The molecule has 0 bridgehead atoms. The van der Waals surface area contributed by atoms with Crippen LogP contribution in [0.25, 0.3) is 0 Å². The second-order valence-corrected chi connectivity index (χ2v) is 11.6. The Morgan fingerprint density at radius 1 is 0.902 bits per heavy atom. The van der Waals surface area contributed by atoms with Crippen LogP contribution in [0.3, 0.4) is 0 Å². The third-order valence-electron chi connectivity index (χ3n) is 8.31. The number of aliphatic hydroxyl groups excluding tert-OH is 6. The Kier molecular flexibility index (Phi) is 14.0. The average molecular weight is 597 g/mol. The first-order valence-electron chi connectivity index (χ1n) is 14.5. The molecule has 3 unspecified atom stereocenters. The maximum absolute atomic E-state index is 11.5. The monoisotopic (exact) mass is 596 g/mol. The molecule has 16 nitrogen and oxygen atoms in total. The molecule has 2 heterocycles. The highest BCUT2D eigenvalue weighted by Crippen LogP contribution is 2.36. The van der Waals surface area contributed by atoms with E-state index in [0.717, 1.165) is 0 Å².